The summed E-state index contributed by atoms with van der Waals surface area (Å²) in [6.45, 7) is 9.37. The van der Waals surface area contributed by atoms with Gasteiger partial charge in [-0.15, -0.1) is 0 Å². The van der Waals surface area contributed by atoms with Gasteiger partial charge in [0.15, 0.2) is 5.79 Å². The number of anilines is 1. The fourth-order valence-electron chi connectivity index (χ4n) is 7.01. The van der Waals surface area contributed by atoms with Crippen LogP contribution in [-0.2, 0) is 20.8 Å². The van der Waals surface area contributed by atoms with E-state index in [0.717, 1.165) is 56.9 Å². The van der Waals surface area contributed by atoms with Crippen LogP contribution >= 0.6 is 0 Å². The van der Waals surface area contributed by atoms with Crippen LogP contribution in [0.1, 0.15) is 51.6 Å². The van der Waals surface area contributed by atoms with Crippen LogP contribution in [0.5, 0.6) is 5.75 Å². The van der Waals surface area contributed by atoms with Gasteiger partial charge in [0.05, 0.1) is 31.1 Å². The highest BCUT2D eigenvalue weighted by Crippen LogP contribution is 2.38. The minimum absolute atomic E-state index is 0.00382. The van der Waals surface area contributed by atoms with Gasteiger partial charge in [-0.2, -0.15) is 20.1 Å². The van der Waals surface area contributed by atoms with Gasteiger partial charge < -0.3 is 29.3 Å². The molecule has 1 aromatic carbocycles. The van der Waals surface area contributed by atoms with Crippen molar-refractivity contribution in [1.29, 1.82) is 0 Å². The number of piperazine rings is 1. The van der Waals surface area contributed by atoms with Gasteiger partial charge in [0.1, 0.15) is 31.3 Å². The van der Waals surface area contributed by atoms with E-state index in [0.29, 0.717) is 32.7 Å². The van der Waals surface area contributed by atoms with Crippen molar-refractivity contribution in [3.05, 3.63) is 77.4 Å². The number of benzene rings is 1. The van der Waals surface area contributed by atoms with Crippen LogP contribution in [-0.4, -0.2) is 98.0 Å². The predicted molar refractivity (Wildman–Crippen MR) is 177 cm³/mol. The Balaban J connectivity index is 0.889. The van der Waals surface area contributed by atoms with Crippen molar-refractivity contribution >= 4 is 11.6 Å². The molecule has 7 rings (SSSR count). The van der Waals surface area contributed by atoms with E-state index < -0.39 is 5.79 Å². The zero-order chi connectivity index (χ0) is 33.1. The summed E-state index contributed by atoms with van der Waals surface area (Å²) in [5.74, 6) is -0.297. The molecule has 5 heterocycles. The lowest BCUT2D eigenvalue weighted by molar-refractivity contribution is -0.223. The maximum atomic E-state index is 12.8. The molecule has 3 aromatic rings. The van der Waals surface area contributed by atoms with Crippen LogP contribution < -0.4 is 20.6 Å². The molecule has 14 heteroatoms. The molecule has 1 amide bonds. The smallest absolute Gasteiger partial charge is 0.346 e. The number of rotatable bonds is 11. The van der Waals surface area contributed by atoms with Crippen LogP contribution in [0.25, 0.3) is 0 Å². The third-order valence-electron chi connectivity index (χ3n) is 10.00. The number of hydrogen-bond donors (Lipinski definition) is 1. The maximum Gasteiger partial charge on any atom is 0.346 e. The summed E-state index contributed by atoms with van der Waals surface area (Å²) >= 11 is 0. The quantitative estimate of drug-likeness (QED) is 0.328. The first kappa shape index (κ1) is 32.1. The number of hydrogen-bond acceptors (Lipinski definition) is 10. The van der Waals surface area contributed by atoms with E-state index in [9.17, 15) is 9.59 Å². The Morgan fingerprint density at radius 3 is 2.54 bits per heavy atom. The normalized spacial score (nSPS) is 26.8. The molecule has 0 saturated carbocycles. The molecular formula is C34H45N9O5. The maximum absolute atomic E-state index is 12.8. The van der Waals surface area contributed by atoms with E-state index in [2.05, 4.69) is 67.7 Å². The first-order valence-corrected chi connectivity index (χ1v) is 17.1. The van der Waals surface area contributed by atoms with Crippen LogP contribution in [0, 0.1) is 5.92 Å². The van der Waals surface area contributed by atoms with E-state index in [1.807, 2.05) is 19.1 Å². The molecule has 256 valence electrons. The molecule has 2 aromatic heterocycles. The Morgan fingerprint density at radius 2 is 1.83 bits per heavy atom. The van der Waals surface area contributed by atoms with Gasteiger partial charge in [0.2, 0.25) is 5.91 Å². The van der Waals surface area contributed by atoms with Crippen molar-refractivity contribution in [2.45, 2.75) is 70.1 Å². The van der Waals surface area contributed by atoms with Crippen LogP contribution in [0.15, 0.2) is 71.7 Å². The highest BCUT2D eigenvalue weighted by molar-refractivity contribution is 5.77. The average molecular weight is 660 g/mol. The molecule has 3 fully saturated rings. The number of nitrogens with zero attached hydrogens (tertiary/aromatic N) is 8. The first-order chi connectivity index (χ1) is 23.4. The predicted octanol–water partition coefficient (Wildman–Crippen LogP) is 2.53. The minimum atomic E-state index is -0.973. The molecule has 14 nitrogen and oxygen atoms in total. The van der Waals surface area contributed by atoms with Crippen molar-refractivity contribution in [2.24, 2.45) is 5.92 Å². The zero-order valence-corrected chi connectivity index (χ0v) is 27.7. The lowest BCUT2D eigenvalue weighted by Gasteiger charge is -2.38. The minimum Gasteiger partial charge on any atom is -0.491 e. The molecule has 5 unspecified atom stereocenters. The Labute approximate surface area is 279 Å². The number of amides is 1. The van der Waals surface area contributed by atoms with E-state index in [-0.39, 0.29) is 35.7 Å². The summed E-state index contributed by atoms with van der Waals surface area (Å²) in [7, 11) is 0. The average Bonchev–Trinajstić information content (AvgIpc) is 3.89. The standard InChI is InChI=1S/C34H45N9O5/c1-3-25(2)43-33(45)41(24-38-43)29-6-4-27(5-7-29)39-16-18-40(19-17-39)28-8-10-30(11-9-28)46-21-31-22-47-34(48-31,23-42-36-14-15-37-42)26-12-13-35-32(44)20-26/h4-6,8-11,14-15,24-26,29,31H,3,7,12-13,16-23H2,1-2H3,(H,35,44). The number of carbonyl (C=O) groups excluding carboxylic acids is 1. The monoisotopic (exact) mass is 659 g/mol. The second-order valence-corrected chi connectivity index (χ2v) is 13.1. The van der Waals surface area contributed by atoms with Gasteiger partial charge in [0, 0.05) is 56.4 Å². The van der Waals surface area contributed by atoms with E-state index in [1.54, 1.807) is 32.8 Å². The number of piperidine rings is 1. The zero-order valence-electron chi connectivity index (χ0n) is 27.7. The van der Waals surface area contributed by atoms with E-state index >= 15 is 0 Å². The summed E-state index contributed by atoms with van der Waals surface area (Å²) in [4.78, 5) is 31.4. The molecule has 1 N–H and O–H groups in total. The first-order valence-electron chi connectivity index (χ1n) is 17.1. The van der Waals surface area contributed by atoms with Crippen LogP contribution in [0.3, 0.4) is 0 Å². The SMILES string of the molecule is CCC(C)n1ncn(C2C=CC(N3CCN(c4ccc(OCC5COC(Cn6nccn6)(C6CCNC(=O)C6)O5)cc4)CC3)=CC2)c1=O. The van der Waals surface area contributed by atoms with Gasteiger partial charge in [0.25, 0.3) is 0 Å². The number of carbonyl (C=O) groups is 1. The molecule has 4 aliphatic rings. The van der Waals surface area contributed by atoms with E-state index in [4.69, 9.17) is 14.2 Å². The summed E-state index contributed by atoms with van der Waals surface area (Å²) in [6, 6.07) is 8.30. The number of nitrogens with one attached hydrogen (secondary N) is 1. The van der Waals surface area contributed by atoms with E-state index in [1.165, 1.54) is 5.70 Å². The van der Waals surface area contributed by atoms with Crippen LogP contribution in [0.4, 0.5) is 5.69 Å². The van der Waals surface area contributed by atoms with Gasteiger partial charge in [-0.05, 0) is 56.5 Å². The van der Waals surface area contributed by atoms with Gasteiger partial charge in [-0.1, -0.05) is 19.1 Å². The fourth-order valence-corrected chi connectivity index (χ4v) is 7.01. The molecule has 0 bridgehead atoms. The highest BCUT2D eigenvalue weighted by atomic mass is 16.8. The van der Waals surface area contributed by atoms with Crippen molar-refractivity contribution in [1.82, 2.24) is 39.6 Å². The van der Waals surface area contributed by atoms with Gasteiger partial charge in [-0.3, -0.25) is 9.36 Å². The summed E-state index contributed by atoms with van der Waals surface area (Å²) in [5.41, 5.74) is 2.33. The largest absolute Gasteiger partial charge is 0.491 e. The fraction of sp³-hybridized carbons (Fsp3) is 0.559. The third kappa shape index (κ3) is 6.76. The highest BCUT2D eigenvalue weighted by Gasteiger charge is 2.50. The number of allylic oxidation sites excluding steroid dienone is 3. The molecule has 0 spiro atoms. The Morgan fingerprint density at radius 1 is 1.06 bits per heavy atom. The Bertz CT molecular complexity index is 1660. The summed E-state index contributed by atoms with van der Waals surface area (Å²) in [6.07, 6.45) is 13.9. The van der Waals surface area contributed by atoms with Gasteiger partial charge >= 0.3 is 5.69 Å². The lowest BCUT2D eigenvalue weighted by atomic mass is 9.88. The Kier molecular flexibility index (Phi) is 9.35. The van der Waals surface area contributed by atoms with Gasteiger partial charge in [-0.25, -0.2) is 9.48 Å². The number of ether oxygens (including phenoxy) is 3. The lowest BCUT2D eigenvalue weighted by Crippen LogP contribution is -2.50. The second-order valence-electron chi connectivity index (χ2n) is 13.1. The third-order valence-corrected chi connectivity index (χ3v) is 10.00. The van der Waals surface area contributed by atoms with Crippen molar-refractivity contribution in [2.75, 3.05) is 50.8 Å². The molecule has 3 saturated heterocycles. The topological polar surface area (TPSA) is 134 Å². The summed E-state index contributed by atoms with van der Waals surface area (Å²) in [5, 5.41) is 15.7. The summed E-state index contributed by atoms with van der Waals surface area (Å²) < 4.78 is 22.2. The van der Waals surface area contributed by atoms with Crippen LogP contribution in [0.2, 0.25) is 0 Å². The number of aromatic nitrogens is 6. The van der Waals surface area contributed by atoms with Crippen molar-refractivity contribution in [3.63, 3.8) is 0 Å². The second kappa shape index (κ2) is 14.0. The molecule has 5 atom stereocenters. The molecule has 1 aliphatic carbocycles. The molecule has 48 heavy (non-hydrogen) atoms. The van der Waals surface area contributed by atoms with Crippen molar-refractivity contribution in [3.8, 4) is 5.75 Å². The molecular weight excluding hydrogens is 614 g/mol. The van der Waals surface area contributed by atoms with Crippen molar-refractivity contribution < 1.29 is 19.0 Å². The Hall–Kier alpha value is -4.43. The molecule has 3 aliphatic heterocycles. The molecule has 0 radical (unpaired) electrons.